The molecule has 0 amide bonds. The maximum atomic E-state index is 10.0. The van der Waals surface area contributed by atoms with Gasteiger partial charge >= 0.3 is 0 Å². The summed E-state index contributed by atoms with van der Waals surface area (Å²) in [6, 6.07) is 3.22. The van der Waals surface area contributed by atoms with Crippen molar-refractivity contribution in [3.63, 3.8) is 0 Å². The van der Waals surface area contributed by atoms with Crippen LogP contribution in [0.2, 0.25) is 0 Å². The van der Waals surface area contributed by atoms with E-state index in [1.165, 1.54) is 167 Å². The third-order valence-corrected chi connectivity index (χ3v) is 9.71. The van der Waals surface area contributed by atoms with Crippen molar-refractivity contribution in [3.8, 4) is 0 Å². The first-order valence-electron chi connectivity index (χ1n) is 17.2. The fourth-order valence-corrected chi connectivity index (χ4v) is 7.37. The zero-order valence-corrected chi connectivity index (χ0v) is 25.5. The number of carbonyl (C=O) groups excluding carboxylic acids is 1. The molecular weight excluding hydrogens is 484 g/mol. The van der Waals surface area contributed by atoms with E-state index in [-0.39, 0.29) is 5.48 Å². The van der Waals surface area contributed by atoms with Crippen molar-refractivity contribution in [2.75, 3.05) is 32.7 Å². The van der Waals surface area contributed by atoms with E-state index in [4.69, 9.17) is 0 Å². The van der Waals surface area contributed by atoms with Crippen molar-refractivity contribution in [3.05, 3.63) is 0 Å². The van der Waals surface area contributed by atoms with Crippen LogP contribution in [0.3, 0.4) is 0 Å². The minimum atomic E-state index is 0. The van der Waals surface area contributed by atoms with Gasteiger partial charge in [0.15, 0.2) is 0 Å². The lowest BCUT2D eigenvalue weighted by Crippen LogP contribution is -2.41. The van der Waals surface area contributed by atoms with Crippen LogP contribution >= 0.6 is 0 Å². The largest absolute Gasteiger partial charge is 0.412 e. The van der Waals surface area contributed by atoms with E-state index in [1.54, 1.807) is 0 Å². The molecule has 0 aromatic heterocycles. The molecule has 0 unspecified atom stereocenters. The Balaban J connectivity index is 0.000000375. The van der Waals surface area contributed by atoms with E-state index < -0.39 is 0 Å². The molecule has 0 aliphatic heterocycles. The van der Waals surface area contributed by atoms with E-state index in [2.05, 4.69) is 20.9 Å². The highest BCUT2D eigenvalue weighted by Crippen LogP contribution is 2.23. The van der Waals surface area contributed by atoms with Gasteiger partial charge in [0.2, 0.25) is 0 Å². The third kappa shape index (κ3) is 15.9. The fraction of sp³-hybridized carbons (Fsp3) is 0.970. The molecule has 4 aliphatic carbocycles. The molecular formula is C33H66N4O2. The van der Waals surface area contributed by atoms with Crippen LogP contribution in [-0.2, 0) is 4.79 Å². The Hall–Kier alpha value is -0.530. The Morgan fingerprint density at radius 1 is 0.513 bits per heavy atom. The monoisotopic (exact) mass is 551 g/mol. The summed E-state index contributed by atoms with van der Waals surface area (Å²) in [4.78, 5) is 12.9. The maximum absolute atomic E-state index is 10.0. The molecule has 0 aromatic carbocycles. The van der Waals surface area contributed by atoms with Gasteiger partial charge in [-0.3, -0.25) is 0 Å². The molecule has 4 aliphatic rings. The van der Waals surface area contributed by atoms with Gasteiger partial charge in [-0.15, -0.1) is 0 Å². The van der Waals surface area contributed by atoms with Crippen molar-refractivity contribution in [1.82, 2.24) is 20.9 Å². The quantitative estimate of drug-likeness (QED) is 0.174. The van der Waals surface area contributed by atoms with Gasteiger partial charge in [-0.1, -0.05) is 77.0 Å². The number of nitrogens with zero attached hydrogens (tertiary/aromatic N) is 1. The van der Waals surface area contributed by atoms with Crippen molar-refractivity contribution < 1.29 is 10.3 Å². The summed E-state index contributed by atoms with van der Waals surface area (Å²) < 4.78 is 0. The first kappa shape index (κ1) is 34.7. The average molecular weight is 551 g/mol. The van der Waals surface area contributed by atoms with Gasteiger partial charge in [0.25, 0.3) is 0 Å². The van der Waals surface area contributed by atoms with Crippen molar-refractivity contribution in [2.45, 2.75) is 172 Å². The molecule has 4 rings (SSSR count). The predicted molar refractivity (Wildman–Crippen MR) is 167 cm³/mol. The zero-order chi connectivity index (χ0) is 26.5. The van der Waals surface area contributed by atoms with Gasteiger partial charge < -0.3 is 31.1 Å². The molecule has 0 atom stereocenters. The van der Waals surface area contributed by atoms with E-state index >= 15 is 0 Å². The van der Waals surface area contributed by atoms with Crippen LogP contribution in [-0.4, -0.2) is 73.6 Å². The molecule has 0 bridgehead atoms. The Morgan fingerprint density at radius 3 is 1.26 bits per heavy atom. The van der Waals surface area contributed by atoms with Crippen LogP contribution in [0.4, 0.5) is 0 Å². The van der Waals surface area contributed by atoms with Gasteiger partial charge in [-0.05, 0) is 90.4 Å². The Labute approximate surface area is 241 Å². The lowest BCUT2D eigenvalue weighted by Gasteiger charge is -2.35. The molecule has 4 saturated carbocycles. The number of hydrogen-bond donors (Lipinski definition) is 3. The van der Waals surface area contributed by atoms with Crippen LogP contribution in [0.1, 0.15) is 148 Å². The van der Waals surface area contributed by atoms with E-state index in [9.17, 15) is 4.79 Å². The molecule has 6 heteroatoms. The summed E-state index contributed by atoms with van der Waals surface area (Å²) in [6.45, 7) is 5.96. The Kier molecular flexibility index (Phi) is 20.5. The number of hydrogen-bond acceptors (Lipinski definition) is 5. The van der Waals surface area contributed by atoms with Crippen molar-refractivity contribution in [1.29, 1.82) is 0 Å². The normalized spacial score (nSPS) is 22.2. The second-order valence-corrected chi connectivity index (χ2v) is 12.9. The molecule has 0 spiro atoms. The molecule has 5 N–H and O–H groups in total. The topological polar surface area (TPSA) is 87.9 Å². The van der Waals surface area contributed by atoms with Crippen LogP contribution in [0.15, 0.2) is 0 Å². The maximum Gasteiger partial charge on any atom is 0.121 e. The highest BCUT2D eigenvalue weighted by molar-refractivity contribution is 5.49. The highest BCUT2D eigenvalue weighted by atomic mass is 16.1. The summed E-state index contributed by atoms with van der Waals surface area (Å²) in [7, 11) is 0. The summed E-state index contributed by atoms with van der Waals surface area (Å²) in [5.74, 6) is 0. The van der Waals surface area contributed by atoms with Gasteiger partial charge in [0.1, 0.15) is 6.29 Å². The number of rotatable bonds is 15. The van der Waals surface area contributed by atoms with Crippen LogP contribution in [0.25, 0.3) is 0 Å². The number of aldehydes is 1. The second-order valence-electron chi connectivity index (χ2n) is 12.9. The Bertz CT molecular complexity index is 528. The lowest BCUT2D eigenvalue weighted by molar-refractivity contribution is -0.107. The molecule has 4 fully saturated rings. The summed E-state index contributed by atoms with van der Waals surface area (Å²) in [5.41, 5.74) is 0. The molecule has 39 heavy (non-hydrogen) atoms. The first-order chi connectivity index (χ1) is 18.8. The smallest absolute Gasteiger partial charge is 0.121 e. The molecule has 0 heterocycles. The second kappa shape index (κ2) is 23.1. The van der Waals surface area contributed by atoms with Gasteiger partial charge in [-0.2, -0.15) is 0 Å². The zero-order valence-electron chi connectivity index (χ0n) is 25.5. The lowest BCUT2D eigenvalue weighted by atomic mass is 9.93. The number of nitrogens with one attached hydrogen (secondary N) is 3. The van der Waals surface area contributed by atoms with E-state index in [1.807, 2.05) is 0 Å². The number of carbonyl (C=O) groups is 1. The minimum Gasteiger partial charge on any atom is -0.412 e. The van der Waals surface area contributed by atoms with Crippen LogP contribution in [0, 0.1) is 0 Å². The summed E-state index contributed by atoms with van der Waals surface area (Å²) in [5, 5.41) is 11.1. The molecule has 0 radical (unpaired) electrons. The standard InChI is InChI=1S/C24H47N3.C9H17NO.H2O/c1-4-12-22(13-5-1)25-18-10-20-27(24-16-8-3-9-17-24)21-11-19-26-23-14-6-2-7-15-23;11-8-4-7-10-9-5-2-1-3-6-9;/h22-26H,1-21H2;8-10H,1-7H2;1H2. The molecule has 230 valence electrons. The van der Waals surface area contributed by atoms with Gasteiger partial charge in [-0.25, -0.2) is 0 Å². The molecule has 0 saturated heterocycles. The summed E-state index contributed by atoms with van der Waals surface area (Å²) >= 11 is 0. The molecule has 0 aromatic rings. The SMILES string of the molecule is C1CCC(NCCCN(CCCNC2CCCCC2)C2CCCCC2)CC1.O.O=CCCNC1CCCCC1. The Morgan fingerprint density at radius 2 is 0.872 bits per heavy atom. The summed E-state index contributed by atoms with van der Waals surface area (Å²) in [6.07, 6.45) is 32.7. The minimum absolute atomic E-state index is 0. The first-order valence-corrected chi connectivity index (χ1v) is 17.2. The van der Waals surface area contributed by atoms with Gasteiger partial charge in [0, 0.05) is 37.1 Å². The van der Waals surface area contributed by atoms with Crippen molar-refractivity contribution >= 4 is 6.29 Å². The van der Waals surface area contributed by atoms with Crippen LogP contribution in [0.5, 0.6) is 0 Å². The average Bonchev–Trinajstić information content (AvgIpc) is 2.99. The van der Waals surface area contributed by atoms with Crippen LogP contribution < -0.4 is 16.0 Å². The predicted octanol–water partition coefficient (Wildman–Crippen LogP) is 5.92. The fourth-order valence-electron chi connectivity index (χ4n) is 7.37. The third-order valence-electron chi connectivity index (χ3n) is 9.71. The van der Waals surface area contributed by atoms with Gasteiger partial charge in [0.05, 0.1) is 0 Å². The van der Waals surface area contributed by atoms with E-state index in [0.29, 0.717) is 12.5 Å². The van der Waals surface area contributed by atoms with E-state index in [0.717, 1.165) is 31.0 Å². The highest BCUT2D eigenvalue weighted by Gasteiger charge is 2.21. The van der Waals surface area contributed by atoms with Crippen molar-refractivity contribution in [2.24, 2.45) is 0 Å². The molecule has 6 nitrogen and oxygen atoms in total.